The van der Waals surface area contributed by atoms with Crippen LogP contribution in [0.5, 0.6) is 0 Å². The van der Waals surface area contributed by atoms with Gasteiger partial charge in [0.05, 0.1) is 6.54 Å². The third kappa shape index (κ3) is 2.65. The molecule has 0 unspecified atom stereocenters. The van der Waals surface area contributed by atoms with E-state index in [-0.39, 0.29) is 12.5 Å². The van der Waals surface area contributed by atoms with E-state index in [0.29, 0.717) is 11.8 Å². The van der Waals surface area contributed by atoms with Crippen molar-refractivity contribution in [1.82, 2.24) is 10.3 Å². The van der Waals surface area contributed by atoms with Crippen molar-refractivity contribution >= 4 is 12.2 Å². The van der Waals surface area contributed by atoms with Crippen LogP contribution in [-0.2, 0) is 11.2 Å². The van der Waals surface area contributed by atoms with Crippen LogP contribution in [-0.4, -0.2) is 23.7 Å². The van der Waals surface area contributed by atoms with Gasteiger partial charge >= 0.3 is 0 Å². The van der Waals surface area contributed by atoms with Crippen LogP contribution in [0.1, 0.15) is 23.0 Å². The SMILES string of the molecule is CCc1cc(C(=O)NCC=O)ccn1. The number of carbonyl (C=O) groups is 2. The molecular weight excluding hydrogens is 180 g/mol. The van der Waals surface area contributed by atoms with Crippen molar-refractivity contribution in [2.45, 2.75) is 13.3 Å². The van der Waals surface area contributed by atoms with Gasteiger partial charge in [0.25, 0.3) is 5.91 Å². The Labute approximate surface area is 82.3 Å². The fourth-order valence-corrected chi connectivity index (χ4v) is 1.05. The van der Waals surface area contributed by atoms with Gasteiger partial charge in [-0.05, 0) is 18.6 Å². The second kappa shape index (κ2) is 5.11. The van der Waals surface area contributed by atoms with Crippen molar-refractivity contribution < 1.29 is 9.59 Å². The van der Waals surface area contributed by atoms with Crippen molar-refractivity contribution in [1.29, 1.82) is 0 Å². The summed E-state index contributed by atoms with van der Waals surface area (Å²) in [7, 11) is 0. The third-order valence-electron chi connectivity index (χ3n) is 1.79. The lowest BCUT2D eigenvalue weighted by Gasteiger charge is -2.02. The zero-order chi connectivity index (χ0) is 10.4. The molecule has 14 heavy (non-hydrogen) atoms. The largest absolute Gasteiger partial charge is 0.345 e. The maximum Gasteiger partial charge on any atom is 0.251 e. The minimum absolute atomic E-state index is 0.0443. The molecule has 0 aromatic carbocycles. The smallest absolute Gasteiger partial charge is 0.251 e. The Balaban J connectivity index is 2.73. The number of pyridine rings is 1. The lowest BCUT2D eigenvalue weighted by Crippen LogP contribution is -2.25. The standard InChI is InChI=1S/C10H12N2O2/c1-2-9-7-8(3-4-11-9)10(14)12-5-6-13/h3-4,6-7H,2,5H2,1H3,(H,12,14). The molecule has 0 aliphatic heterocycles. The first-order valence-corrected chi connectivity index (χ1v) is 4.44. The molecule has 1 amide bonds. The molecule has 0 radical (unpaired) electrons. The van der Waals surface area contributed by atoms with Gasteiger partial charge in [-0.1, -0.05) is 6.92 Å². The maximum absolute atomic E-state index is 11.4. The van der Waals surface area contributed by atoms with Gasteiger partial charge < -0.3 is 10.1 Å². The van der Waals surface area contributed by atoms with Crippen molar-refractivity contribution in [3.63, 3.8) is 0 Å². The van der Waals surface area contributed by atoms with Crippen LogP contribution < -0.4 is 5.32 Å². The summed E-state index contributed by atoms with van der Waals surface area (Å²) in [6.45, 7) is 2.01. The fraction of sp³-hybridized carbons (Fsp3) is 0.300. The first kappa shape index (κ1) is 10.4. The highest BCUT2D eigenvalue weighted by atomic mass is 16.2. The molecule has 74 valence electrons. The molecule has 0 aliphatic carbocycles. The third-order valence-corrected chi connectivity index (χ3v) is 1.79. The fourth-order valence-electron chi connectivity index (χ4n) is 1.05. The van der Waals surface area contributed by atoms with Gasteiger partial charge in [0.1, 0.15) is 6.29 Å². The van der Waals surface area contributed by atoms with E-state index in [1.165, 1.54) is 0 Å². The minimum Gasteiger partial charge on any atom is -0.345 e. The first-order valence-electron chi connectivity index (χ1n) is 4.44. The van der Waals surface area contributed by atoms with Gasteiger partial charge in [-0.2, -0.15) is 0 Å². The van der Waals surface area contributed by atoms with Crippen molar-refractivity contribution in [2.24, 2.45) is 0 Å². The van der Waals surface area contributed by atoms with Crippen LogP contribution in [0.25, 0.3) is 0 Å². The second-order valence-corrected chi connectivity index (χ2v) is 2.77. The maximum atomic E-state index is 11.4. The first-order chi connectivity index (χ1) is 6.77. The van der Waals surface area contributed by atoms with E-state index in [9.17, 15) is 9.59 Å². The molecule has 0 bridgehead atoms. The number of hydrogen-bond acceptors (Lipinski definition) is 3. The predicted molar refractivity (Wildman–Crippen MR) is 52.0 cm³/mol. The number of amides is 1. The molecule has 4 nitrogen and oxygen atoms in total. The zero-order valence-corrected chi connectivity index (χ0v) is 7.99. The van der Waals surface area contributed by atoms with Crippen LogP contribution >= 0.6 is 0 Å². The summed E-state index contributed by atoms with van der Waals surface area (Å²) in [5.41, 5.74) is 1.41. The monoisotopic (exact) mass is 192 g/mol. The van der Waals surface area contributed by atoms with Gasteiger partial charge in [-0.15, -0.1) is 0 Å². The van der Waals surface area contributed by atoms with E-state index in [1.807, 2.05) is 6.92 Å². The van der Waals surface area contributed by atoms with Crippen molar-refractivity contribution in [3.8, 4) is 0 Å². The predicted octanol–water partition coefficient (Wildman–Crippen LogP) is 0.573. The zero-order valence-electron chi connectivity index (χ0n) is 7.99. The summed E-state index contributed by atoms with van der Waals surface area (Å²) in [6.07, 6.45) is 3.03. The van der Waals surface area contributed by atoms with E-state index in [0.717, 1.165) is 12.1 Å². The van der Waals surface area contributed by atoms with Crippen LogP contribution in [0.4, 0.5) is 0 Å². The van der Waals surface area contributed by atoms with Crippen LogP contribution in [0.3, 0.4) is 0 Å². The summed E-state index contributed by atoms with van der Waals surface area (Å²) in [6, 6.07) is 3.35. The second-order valence-electron chi connectivity index (χ2n) is 2.77. The number of nitrogens with one attached hydrogen (secondary N) is 1. The number of rotatable bonds is 4. The molecule has 0 saturated carbocycles. The summed E-state index contributed by atoms with van der Waals surface area (Å²) >= 11 is 0. The highest BCUT2D eigenvalue weighted by molar-refractivity contribution is 5.95. The van der Waals surface area contributed by atoms with Gasteiger partial charge in [-0.25, -0.2) is 0 Å². The highest BCUT2D eigenvalue weighted by Crippen LogP contribution is 2.01. The average Bonchev–Trinajstić information content (AvgIpc) is 2.26. The number of nitrogens with zero attached hydrogens (tertiary/aromatic N) is 1. The Hall–Kier alpha value is -1.71. The number of aryl methyl sites for hydroxylation is 1. The Morgan fingerprint density at radius 1 is 1.64 bits per heavy atom. The molecule has 1 heterocycles. The van der Waals surface area contributed by atoms with E-state index < -0.39 is 0 Å². The van der Waals surface area contributed by atoms with Crippen LogP contribution in [0.15, 0.2) is 18.3 Å². The van der Waals surface area contributed by atoms with Crippen LogP contribution in [0, 0.1) is 0 Å². The number of aldehydes is 1. The van der Waals surface area contributed by atoms with Crippen molar-refractivity contribution in [3.05, 3.63) is 29.6 Å². The molecule has 1 N–H and O–H groups in total. The van der Waals surface area contributed by atoms with Gasteiger partial charge in [0.15, 0.2) is 0 Å². The van der Waals surface area contributed by atoms with Gasteiger partial charge in [0.2, 0.25) is 0 Å². The molecule has 0 atom stereocenters. The number of aromatic nitrogens is 1. The van der Waals surface area contributed by atoms with Gasteiger partial charge in [0, 0.05) is 17.5 Å². The Morgan fingerprint density at radius 2 is 2.43 bits per heavy atom. The summed E-state index contributed by atoms with van der Waals surface area (Å²) in [5, 5.41) is 2.47. The summed E-state index contributed by atoms with van der Waals surface area (Å²) < 4.78 is 0. The highest BCUT2D eigenvalue weighted by Gasteiger charge is 2.04. The topological polar surface area (TPSA) is 59.1 Å². The quantitative estimate of drug-likeness (QED) is 0.709. The lowest BCUT2D eigenvalue weighted by atomic mass is 10.2. The molecule has 1 aromatic heterocycles. The number of carbonyl (C=O) groups excluding carboxylic acids is 2. The minimum atomic E-state index is -0.241. The molecule has 0 spiro atoms. The van der Waals surface area contributed by atoms with Crippen molar-refractivity contribution in [2.75, 3.05) is 6.54 Å². The van der Waals surface area contributed by atoms with E-state index >= 15 is 0 Å². The van der Waals surface area contributed by atoms with E-state index in [2.05, 4.69) is 10.3 Å². The Kier molecular flexibility index (Phi) is 3.79. The molecule has 1 rings (SSSR count). The van der Waals surface area contributed by atoms with E-state index in [1.54, 1.807) is 18.3 Å². The molecular formula is C10H12N2O2. The van der Waals surface area contributed by atoms with Gasteiger partial charge in [-0.3, -0.25) is 9.78 Å². The van der Waals surface area contributed by atoms with Crippen LogP contribution in [0.2, 0.25) is 0 Å². The normalized spacial score (nSPS) is 9.50. The molecule has 1 aromatic rings. The Bertz CT molecular complexity index is 337. The van der Waals surface area contributed by atoms with E-state index in [4.69, 9.17) is 0 Å². The molecule has 0 saturated heterocycles. The number of hydrogen-bond donors (Lipinski definition) is 1. The Morgan fingerprint density at radius 3 is 3.07 bits per heavy atom. The summed E-state index contributed by atoms with van der Waals surface area (Å²) in [4.78, 5) is 25.5. The molecule has 0 fully saturated rings. The summed E-state index contributed by atoms with van der Waals surface area (Å²) in [5.74, 6) is -0.241. The lowest BCUT2D eigenvalue weighted by molar-refractivity contribution is -0.107. The molecule has 0 aliphatic rings. The average molecular weight is 192 g/mol. The molecule has 4 heteroatoms.